The highest BCUT2D eigenvalue weighted by atomic mass is 19.1. The summed E-state index contributed by atoms with van der Waals surface area (Å²) >= 11 is 0. The molecule has 1 aliphatic rings. The molecule has 3 rings (SSSR count). The summed E-state index contributed by atoms with van der Waals surface area (Å²) in [6, 6.07) is 14.5. The fraction of sp³-hybridized carbons (Fsp3) is 0.409. The number of aliphatic hydroxyl groups is 1. The van der Waals surface area contributed by atoms with Crippen LogP contribution in [0.15, 0.2) is 48.5 Å². The first-order valence-electron chi connectivity index (χ1n) is 9.56. The van der Waals surface area contributed by atoms with Gasteiger partial charge >= 0.3 is 0 Å². The van der Waals surface area contributed by atoms with Gasteiger partial charge in [0.25, 0.3) is 0 Å². The van der Waals surface area contributed by atoms with Gasteiger partial charge in [-0.25, -0.2) is 4.39 Å². The molecule has 1 fully saturated rings. The van der Waals surface area contributed by atoms with E-state index in [1.165, 1.54) is 19.2 Å². The van der Waals surface area contributed by atoms with E-state index in [1.807, 2.05) is 37.3 Å². The lowest BCUT2D eigenvalue weighted by molar-refractivity contribution is -0.135. The number of carbonyl (C=O) groups is 1. The molecule has 0 spiro atoms. The number of hydrogen-bond donors (Lipinski definition) is 2. The molecule has 0 aliphatic carbocycles. The van der Waals surface area contributed by atoms with Crippen LogP contribution in [0.4, 0.5) is 4.39 Å². The van der Waals surface area contributed by atoms with Crippen molar-refractivity contribution in [3.63, 3.8) is 0 Å². The third kappa shape index (κ3) is 4.41. The van der Waals surface area contributed by atoms with Crippen LogP contribution >= 0.6 is 0 Å². The van der Waals surface area contributed by atoms with Gasteiger partial charge in [-0.2, -0.15) is 0 Å². The molecular formula is C22H27FN2O3. The molecule has 1 heterocycles. The van der Waals surface area contributed by atoms with Crippen molar-refractivity contribution < 1.29 is 19.0 Å². The zero-order valence-electron chi connectivity index (χ0n) is 16.3. The summed E-state index contributed by atoms with van der Waals surface area (Å²) in [5.74, 6) is -0.194. The third-order valence-electron chi connectivity index (χ3n) is 5.36. The largest absolute Gasteiger partial charge is 0.395 e. The molecule has 0 unspecified atom stereocenters. The van der Waals surface area contributed by atoms with Crippen LogP contribution in [0.3, 0.4) is 0 Å². The van der Waals surface area contributed by atoms with E-state index in [9.17, 15) is 14.3 Å². The van der Waals surface area contributed by atoms with E-state index in [0.29, 0.717) is 13.1 Å². The lowest BCUT2D eigenvalue weighted by atomic mass is 9.77. The summed E-state index contributed by atoms with van der Waals surface area (Å²) in [6.45, 7) is 3.21. The molecule has 2 N–H and O–H groups in total. The molecule has 1 saturated heterocycles. The maximum absolute atomic E-state index is 13.5. The molecule has 0 saturated carbocycles. The van der Waals surface area contributed by atoms with Crippen molar-refractivity contribution >= 4 is 5.91 Å². The van der Waals surface area contributed by atoms with Gasteiger partial charge in [0.05, 0.1) is 6.61 Å². The quantitative estimate of drug-likeness (QED) is 0.731. The zero-order chi connectivity index (χ0) is 20.1. The molecule has 2 aromatic carbocycles. The fourth-order valence-corrected chi connectivity index (χ4v) is 3.87. The molecule has 0 aromatic heterocycles. The van der Waals surface area contributed by atoms with Crippen LogP contribution < -0.4 is 5.32 Å². The number of rotatable bonds is 8. The minimum atomic E-state index is -0.259. The van der Waals surface area contributed by atoms with E-state index >= 15 is 0 Å². The Morgan fingerprint density at radius 2 is 1.93 bits per heavy atom. The Labute approximate surface area is 165 Å². The van der Waals surface area contributed by atoms with Crippen molar-refractivity contribution in [2.75, 3.05) is 33.4 Å². The first-order valence-corrected chi connectivity index (χ1v) is 9.56. The summed E-state index contributed by atoms with van der Waals surface area (Å²) in [5.41, 5.74) is 2.87. The molecule has 28 heavy (non-hydrogen) atoms. The van der Waals surface area contributed by atoms with Gasteiger partial charge in [0.1, 0.15) is 12.4 Å². The third-order valence-corrected chi connectivity index (χ3v) is 5.36. The van der Waals surface area contributed by atoms with E-state index < -0.39 is 0 Å². The lowest BCUT2D eigenvalue weighted by Gasteiger charge is -2.47. The van der Waals surface area contributed by atoms with Gasteiger partial charge in [-0.1, -0.05) is 36.4 Å². The fourth-order valence-electron chi connectivity index (χ4n) is 3.87. The Morgan fingerprint density at radius 3 is 2.54 bits per heavy atom. The van der Waals surface area contributed by atoms with Crippen molar-refractivity contribution in [2.24, 2.45) is 0 Å². The first-order chi connectivity index (χ1) is 13.6. The number of hydrogen-bond acceptors (Lipinski definition) is 4. The maximum atomic E-state index is 13.5. The van der Waals surface area contributed by atoms with Gasteiger partial charge in [0.15, 0.2) is 0 Å². The Hall–Kier alpha value is -2.28. The number of nitrogens with zero attached hydrogens (tertiary/aromatic N) is 1. The predicted octanol–water partition coefficient (Wildman–Crippen LogP) is 2.40. The first kappa shape index (κ1) is 20.5. The monoisotopic (exact) mass is 386 g/mol. The van der Waals surface area contributed by atoms with Crippen LogP contribution in [0.2, 0.25) is 0 Å². The second-order valence-corrected chi connectivity index (χ2v) is 7.09. The number of aliphatic hydroxyl groups excluding tert-OH is 1. The summed E-state index contributed by atoms with van der Waals surface area (Å²) < 4.78 is 18.4. The Balaban J connectivity index is 1.75. The van der Waals surface area contributed by atoms with E-state index in [1.54, 1.807) is 11.0 Å². The number of amides is 1. The molecule has 2 aromatic rings. The van der Waals surface area contributed by atoms with Crippen LogP contribution in [0.1, 0.15) is 18.4 Å². The van der Waals surface area contributed by atoms with Gasteiger partial charge < -0.3 is 20.1 Å². The topological polar surface area (TPSA) is 61.8 Å². The smallest absolute Gasteiger partial charge is 0.248 e. The zero-order valence-corrected chi connectivity index (χ0v) is 16.3. The van der Waals surface area contributed by atoms with Gasteiger partial charge in [0, 0.05) is 38.2 Å². The number of nitrogens with one attached hydrogen (secondary N) is 1. The van der Waals surface area contributed by atoms with E-state index in [2.05, 4.69) is 5.32 Å². The number of benzene rings is 2. The van der Waals surface area contributed by atoms with Gasteiger partial charge in [0.2, 0.25) is 5.91 Å². The Morgan fingerprint density at radius 1 is 1.18 bits per heavy atom. The lowest BCUT2D eigenvalue weighted by Crippen LogP contribution is -2.65. The molecular weight excluding hydrogens is 359 g/mol. The standard InChI is InChI=1S/C22H27FN2O3/c1-3-25(21(27)14-28-2)12-19-22(20(13-26)24-19)16-9-7-15(8-10-16)17-5-4-6-18(23)11-17/h4-11,19-20,22,24,26H,3,12-14H2,1-2H3/t19-,20-,22+/m1/s1. The average molecular weight is 386 g/mol. The molecule has 150 valence electrons. The summed E-state index contributed by atoms with van der Waals surface area (Å²) in [5, 5.41) is 13.0. The predicted molar refractivity (Wildman–Crippen MR) is 107 cm³/mol. The highest BCUT2D eigenvalue weighted by Crippen LogP contribution is 2.34. The van der Waals surface area contributed by atoms with Crippen LogP contribution in [-0.4, -0.2) is 61.4 Å². The molecule has 1 amide bonds. The van der Waals surface area contributed by atoms with Gasteiger partial charge in [-0.3, -0.25) is 4.79 Å². The highest BCUT2D eigenvalue weighted by Gasteiger charge is 2.41. The molecule has 0 bridgehead atoms. The maximum Gasteiger partial charge on any atom is 0.248 e. The van der Waals surface area contributed by atoms with Crippen LogP contribution in [0.5, 0.6) is 0 Å². The minimum absolute atomic E-state index is 0.0327. The molecule has 6 heteroatoms. The summed E-state index contributed by atoms with van der Waals surface area (Å²) in [4.78, 5) is 13.9. The number of halogens is 1. The number of likely N-dealkylation sites (N-methyl/N-ethyl adjacent to an activating group) is 1. The molecule has 0 radical (unpaired) electrons. The summed E-state index contributed by atoms with van der Waals surface area (Å²) in [7, 11) is 1.51. The van der Waals surface area contributed by atoms with Gasteiger partial charge in [-0.15, -0.1) is 0 Å². The van der Waals surface area contributed by atoms with E-state index in [4.69, 9.17) is 4.74 Å². The molecule has 5 nitrogen and oxygen atoms in total. The normalized spacial score (nSPS) is 21.2. The minimum Gasteiger partial charge on any atom is -0.395 e. The molecule has 3 atom stereocenters. The van der Waals surface area contributed by atoms with Crippen LogP contribution in [0, 0.1) is 5.82 Å². The summed E-state index contributed by atoms with van der Waals surface area (Å²) in [6.07, 6.45) is 0. The Kier molecular flexibility index (Phi) is 6.78. The van der Waals surface area contributed by atoms with Crippen molar-refractivity contribution in [1.29, 1.82) is 0 Å². The van der Waals surface area contributed by atoms with E-state index in [-0.39, 0.29) is 42.9 Å². The average Bonchev–Trinajstić information content (AvgIpc) is 2.68. The molecule has 1 aliphatic heterocycles. The van der Waals surface area contributed by atoms with Crippen LogP contribution in [0.25, 0.3) is 11.1 Å². The Bertz CT molecular complexity index is 797. The van der Waals surface area contributed by atoms with Crippen molar-refractivity contribution in [2.45, 2.75) is 24.9 Å². The van der Waals surface area contributed by atoms with Crippen molar-refractivity contribution in [3.05, 3.63) is 59.9 Å². The number of carbonyl (C=O) groups excluding carboxylic acids is 1. The SMILES string of the molecule is CCN(C[C@H]1N[C@H](CO)[C@H]1c1ccc(-c2cccc(F)c2)cc1)C(=O)COC. The van der Waals surface area contributed by atoms with Crippen LogP contribution in [-0.2, 0) is 9.53 Å². The second kappa shape index (κ2) is 9.28. The van der Waals surface area contributed by atoms with E-state index in [0.717, 1.165) is 16.7 Å². The van der Waals surface area contributed by atoms with Crippen molar-refractivity contribution in [3.8, 4) is 11.1 Å². The van der Waals surface area contributed by atoms with Crippen molar-refractivity contribution in [1.82, 2.24) is 10.2 Å². The highest BCUT2D eigenvalue weighted by molar-refractivity contribution is 5.77. The number of methoxy groups -OCH3 is 1. The second-order valence-electron chi connectivity index (χ2n) is 7.09. The van der Waals surface area contributed by atoms with Gasteiger partial charge in [-0.05, 0) is 35.7 Å². The number of ether oxygens (including phenoxy) is 1.